The van der Waals surface area contributed by atoms with E-state index in [1.165, 1.54) is 11.3 Å². The number of aromatic nitrogens is 1. The SMILES string of the molecule is Cc1onc(-c2ccccc2)c1C(=O)NC(=S)Nc1sc2c(c1C#N)CCCCC2. The number of nitrogens with one attached hydrogen (secondary N) is 2. The number of aryl methyl sites for hydroxylation is 2. The molecule has 0 spiro atoms. The van der Waals surface area contributed by atoms with Crippen LogP contribution in [0.2, 0.25) is 0 Å². The zero-order valence-electron chi connectivity index (χ0n) is 16.4. The molecule has 8 heteroatoms. The highest BCUT2D eigenvalue weighted by Crippen LogP contribution is 2.37. The number of fused-ring (bicyclic) bond motifs is 1. The van der Waals surface area contributed by atoms with E-state index in [2.05, 4.69) is 21.9 Å². The van der Waals surface area contributed by atoms with Crippen LogP contribution >= 0.6 is 23.6 Å². The van der Waals surface area contributed by atoms with Crippen LogP contribution in [-0.4, -0.2) is 16.2 Å². The predicted molar refractivity (Wildman–Crippen MR) is 121 cm³/mol. The number of hydrogen-bond acceptors (Lipinski definition) is 6. The van der Waals surface area contributed by atoms with Crippen LogP contribution in [0.15, 0.2) is 34.9 Å². The molecule has 0 atom stereocenters. The van der Waals surface area contributed by atoms with Gasteiger partial charge in [0.25, 0.3) is 5.91 Å². The summed E-state index contributed by atoms with van der Waals surface area (Å²) in [7, 11) is 0. The van der Waals surface area contributed by atoms with Crippen molar-refractivity contribution in [3.05, 3.63) is 57.7 Å². The molecule has 1 aliphatic carbocycles. The number of carbonyl (C=O) groups is 1. The number of thiocarbonyl (C=S) groups is 1. The second-order valence-electron chi connectivity index (χ2n) is 7.12. The lowest BCUT2D eigenvalue weighted by Gasteiger charge is -2.09. The summed E-state index contributed by atoms with van der Waals surface area (Å²) < 4.78 is 5.26. The highest BCUT2D eigenvalue weighted by Gasteiger charge is 2.24. The zero-order valence-corrected chi connectivity index (χ0v) is 18.1. The first-order valence-electron chi connectivity index (χ1n) is 9.77. The minimum absolute atomic E-state index is 0.146. The van der Waals surface area contributed by atoms with Crippen molar-refractivity contribution in [3.8, 4) is 17.3 Å². The largest absolute Gasteiger partial charge is 0.360 e. The van der Waals surface area contributed by atoms with Crippen LogP contribution in [0.3, 0.4) is 0 Å². The quantitative estimate of drug-likeness (QED) is 0.445. The van der Waals surface area contributed by atoms with Crippen molar-refractivity contribution in [2.24, 2.45) is 0 Å². The number of hydrogen-bond donors (Lipinski definition) is 2. The summed E-state index contributed by atoms with van der Waals surface area (Å²) in [5.41, 5.74) is 3.35. The van der Waals surface area contributed by atoms with Gasteiger partial charge in [-0.1, -0.05) is 41.9 Å². The van der Waals surface area contributed by atoms with E-state index < -0.39 is 5.91 Å². The van der Waals surface area contributed by atoms with Crippen LogP contribution in [0.25, 0.3) is 11.3 Å². The molecule has 1 aliphatic rings. The van der Waals surface area contributed by atoms with E-state index in [1.54, 1.807) is 18.3 Å². The predicted octanol–water partition coefficient (Wildman–Crippen LogP) is 4.98. The summed E-state index contributed by atoms with van der Waals surface area (Å²) in [4.78, 5) is 14.2. The lowest BCUT2D eigenvalue weighted by molar-refractivity contribution is 0.0977. The lowest BCUT2D eigenvalue weighted by Crippen LogP contribution is -2.34. The third-order valence-electron chi connectivity index (χ3n) is 5.12. The van der Waals surface area contributed by atoms with E-state index in [0.717, 1.165) is 36.8 Å². The maximum atomic E-state index is 12.9. The Morgan fingerprint density at radius 1 is 1.23 bits per heavy atom. The first kappa shape index (κ1) is 20.3. The van der Waals surface area contributed by atoms with Crippen LogP contribution in [0.1, 0.15) is 51.4 Å². The van der Waals surface area contributed by atoms with Gasteiger partial charge < -0.3 is 9.84 Å². The van der Waals surface area contributed by atoms with Crippen molar-refractivity contribution in [3.63, 3.8) is 0 Å². The summed E-state index contributed by atoms with van der Waals surface area (Å²) in [6, 6.07) is 11.7. The van der Waals surface area contributed by atoms with Gasteiger partial charge in [-0.3, -0.25) is 10.1 Å². The zero-order chi connectivity index (χ0) is 21.1. The van der Waals surface area contributed by atoms with Gasteiger partial charge in [-0.15, -0.1) is 11.3 Å². The van der Waals surface area contributed by atoms with Gasteiger partial charge in [-0.25, -0.2) is 0 Å². The van der Waals surface area contributed by atoms with E-state index >= 15 is 0 Å². The topological polar surface area (TPSA) is 90.9 Å². The molecule has 3 aromatic rings. The van der Waals surface area contributed by atoms with Crippen molar-refractivity contribution in [1.82, 2.24) is 10.5 Å². The second kappa shape index (κ2) is 8.78. The Hall–Kier alpha value is -3.02. The van der Waals surface area contributed by atoms with Crippen molar-refractivity contribution in [2.75, 3.05) is 5.32 Å². The molecule has 6 nitrogen and oxygen atoms in total. The first-order valence-corrected chi connectivity index (χ1v) is 11.0. The van der Waals surface area contributed by atoms with Gasteiger partial charge in [-0.05, 0) is 50.4 Å². The fourth-order valence-corrected chi connectivity index (χ4v) is 5.19. The van der Waals surface area contributed by atoms with Gasteiger partial charge in [0, 0.05) is 10.4 Å². The number of rotatable bonds is 3. The normalized spacial score (nSPS) is 13.1. The summed E-state index contributed by atoms with van der Waals surface area (Å²) in [5.74, 6) is 0.0106. The number of anilines is 1. The fourth-order valence-electron chi connectivity index (χ4n) is 3.68. The molecule has 0 bridgehead atoms. The molecule has 0 saturated carbocycles. The summed E-state index contributed by atoms with van der Waals surface area (Å²) >= 11 is 6.92. The minimum Gasteiger partial charge on any atom is -0.360 e. The molecule has 0 unspecified atom stereocenters. The molecule has 1 amide bonds. The van der Waals surface area contributed by atoms with Crippen LogP contribution in [-0.2, 0) is 12.8 Å². The standard InChI is InChI=1S/C22H20N4O2S2/c1-13-18(19(26-28-13)14-8-4-2-5-9-14)20(27)24-22(29)25-21-16(12-23)15-10-6-3-7-11-17(15)30-21/h2,4-5,8-9H,3,6-7,10-11H2,1H3,(H2,24,25,27,29). The van der Waals surface area contributed by atoms with E-state index in [1.807, 2.05) is 30.3 Å². The van der Waals surface area contributed by atoms with Crippen LogP contribution in [0, 0.1) is 18.3 Å². The summed E-state index contributed by atoms with van der Waals surface area (Å²) in [5, 5.41) is 20.3. The number of benzene rings is 1. The van der Waals surface area contributed by atoms with Gasteiger partial charge >= 0.3 is 0 Å². The van der Waals surface area contributed by atoms with Gasteiger partial charge in [0.2, 0.25) is 0 Å². The molecular formula is C22H20N4O2S2. The Morgan fingerprint density at radius 3 is 2.77 bits per heavy atom. The van der Waals surface area contributed by atoms with Crippen molar-refractivity contribution in [1.29, 1.82) is 5.26 Å². The molecule has 0 aliphatic heterocycles. The second-order valence-corrected chi connectivity index (χ2v) is 8.63. The third kappa shape index (κ3) is 3.99. The smallest absolute Gasteiger partial charge is 0.263 e. The summed E-state index contributed by atoms with van der Waals surface area (Å²) in [6.07, 6.45) is 5.30. The molecule has 152 valence electrons. The molecule has 0 saturated heterocycles. The number of amides is 1. The van der Waals surface area contributed by atoms with Crippen LogP contribution in [0.5, 0.6) is 0 Å². The van der Waals surface area contributed by atoms with Crippen molar-refractivity contribution < 1.29 is 9.32 Å². The molecular weight excluding hydrogens is 416 g/mol. The van der Waals surface area contributed by atoms with E-state index in [-0.39, 0.29) is 5.11 Å². The number of carbonyl (C=O) groups excluding carboxylic acids is 1. The summed E-state index contributed by atoms with van der Waals surface area (Å²) in [6.45, 7) is 1.69. The van der Waals surface area contributed by atoms with Gasteiger partial charge in [0.05, 0.1) is 5.56 Å². The molecule has 1 aromatic carbocycles. The molecule has 0 fully saturated rings. The molecule has 4 rings (SSSR count). The Kier molecular flexibility index (Phi) is 5.93. The number of nitriles is 1. The average Bonchev–Trinajstić information content (AvgIpc) is 3.19. The van der Waals surface area contributed by atoms with E-state index in [9.17, 15) is 10.1 Å². The Balaban J connectivity index is 1.53. The monoisotopic (exact) mass is 436 g/mol. The third-order valence-corrected chi connectivity index (χ3v) is 6.54. The van der Waals surface area contributed by atoms with E-state index in [4.69, 9.17) is 16.7 Å². The van der Waals surface area contributed by atoms with Gasteiger partial charge in [0.15, 0.2) is 5.11 Å². The highest BCUT2D eigenvalue weighted by atomic mass is 32.1. The van der Waals surface area contributed by atoms with Crippen molar-refractivity contribution >= 4 is 39.6 Å². The molecule has 2 heterocycles. The van der Waals surface area contributed by atoms with Crippen LogP contribution in [0.4, 0.5) is 5.00 Å². The number of nitrogens with zero attached hydrogens (tertiary/aromatic N) is 2. The first-order chi connectivity index (χ1) is 14.6. The highest BCUT2D eigenvalue weighted by molar-refractivity contribution is 7.80. The Labute approximate surface area is 183 Å². The van der Waals surface area contributed by atoms with Crippen LogP contribution < -0.4 is 10.6 Å². The van der Waals surface area contributed by atoms with Crippen molar-refractivity contribution in [2.45, 2.75) is 39.0 Å². The minimum atomic E-state index is -0.401. The Morgan fingerprint density at radius 2 is 2.00 bits per heavy atom. The Bertz CT molecular complexity index is 1140. The molecule has 30 heavy (non-hydrogen) atoms. The molecule has 2 aromatic heterocycles. The number of thiophene rings is 1. The maximum absolute atomic E-state index is 12.9. The molecule has 2 N–H and O–H groups in total. The maximum Gasteiger partial charge on any atom is 0.263 e. The van der Waals surface area contributed by atoms with E-state index in [0.29, 0.717) is 27.6 Å². The van der Waals surface area contributed by atoms with Gasteiger partial charge in [-0.2, -0.15) is 5.26 Å². The molecule has 0 radical (unpaired) electrons. The van der Waals surface area contributed by atoms with Gasteiger partial charge in [0.1, 0.15) is 28.1 Å². The lowest BCUT2D eigenvalue weighted by atomic mass is 10.1. The average molecular weight is 437 g/mol. The fraction of sp³-hybridized carbons (Fsp3) is 0.273.